The zero-order chi connectivity index (χ0) is 22.3. The monoisotopic (exact) mass is 446 g/mol. The molecule has 32 heavy (non-hydrogen) atoms. The van der Waals surface area contributed by atoms with Crippen LogP contribution in [0.5, 0.6) is 5.75 Å². The normalized spacial score (nSPS) is 13.9. The van der Waals surface area contributed by atoms with Crippen molar-refractivity contribution in [3.05, 3.63) is 88.6 Å². The SMILES string of the molecule is N#Cc1cccnc1N1CCCN(C(=O)c2ccccc2OCc2ccc(Cl)cc2)CC1. The summed E-state index contributed by atoms with van der Waals surface area (Å²) in [6.45, 7) is 2.89. The van der Waals surface area contributed by atoms with Gasteiger partial charge in [0.1, 0.15) is 24.2 Å². The van der Waals surface area contributed by atoms with E-state index in [0.717, 1.165) is 18.5 Å². The molecule has 6 nitrogen and oxygen atoms in total. The number of para-hydroxylation sites is 1. The number of ether oxygens (including phenoxy) is 1. The van der Waals surface area contributed by atoms with E-state index in [2.05, 4.69) is 16.0 Å². The summed E-state index contributed by atoms with van der Waals surface area (Å²) in [6, 6.07) is 20.5. The Morgan fingerprint density at radius 2 is 1.84 bits per heavy atom. The molecule has 4 rings (SSSR count). The third kappa shape index (κ3) is 5.01. The first-order chi connectivity index (χ1) is 15.7. The van der Waals surface area contributed by atoms with Crippen molar-refractivity contribution in [2.45, 2.75) is 13.0 Å². The molecule has 1 amide bonds. The van der Waals surface area contributed by atoms with Crippen molar-refractivity contribution >= 4 is 23.3 Å². The number of nitrogens with zero attached hydrogens (tertiary/aromatic N) is 4. The van der Waals surface area contributed by atoms with E-state index in [4.69, 9.17) is 16.3 Å². The highest BCUT2D eigenvalue weighted by Crippen LogP contribution is 2.24. The maximum Gasteiger partial charge on any atom is 0.257 e. The van der Waals surface area contributed by atoms with Gasteiger partial charge < -0.3 is 14.5 Å². The van der Waals surface area contributed by atoms with Crippen LogP contribution in [0.1, 0.15) is 27.9 Å². The molecule has 0 saturated carbocycles. The van der Waals surface area contributed by atoms with Gasteiger partial charge in [0.05, 0.1) is 11.1 Å². The van der Waals surface area contributed by atoms with Crippen molar-refractivity contribution in [2.75, 3.05) is 31.1 Å². The standard InChI is InChI=1S/C25H23ClN4O2/c26-21-10-8-19(9-11-21)18-32-23-7-2-1-6-22(23)25(31)30-14-4-13-29(15-16-30)24-20(17-27)5-3-12-28-24/h1-3,5-12H,4,13-16,18H2. The number of amides is 1. The van der Waals surface area contributed by atoms with E-state index >= 15 is 0 Å². The maximum atomic E-state index is 13.3. The number of carbonyl (C=O) groups is 1. The first kappa shape index (κ1) is 21.7. The van der Waals surface area contributed by atoms with Crippen LogP contribution < -0.4 is 9.64 Å². The van der Waals surface area contributed by atoms with Crippen LogP contribution in [0.3, 0.4) is 0 Å². The smallest absolute Gasteiger partial charge is 0.257 e. The quantitative estimate of drug-likeness (QED) is 0.575. The lowest BCUT2D eigenvalue weighted by molar-refractivity contribution is 0.0762. The summed E-state index contributed by atoms with van der Waals surface area (Å²) in [5.41, 5.74) is 2.07. The van der Waals surface area contributed by atoms with E-state index in [9.17, 15) is 10.1 Å². The van der Waals surface area contributed by atoms with Gasteiger partial charge in [-0.2, -0.15) is 5.26 Å². The van der Waals surface area contributed by atoms with Gasteiger partial charge in [0.15, 0.2) is 0 Å². The number of nitriles is 1. The number of hydrogen-bond acceptors (Lipinski definition) is 5. The molecule has 7 heteroatoms. The zero-order valence-electron chi connectivity index (χ0n) is 17.6. The molecule has 1 fully saturated rings. The Hall–Kier alpha value is -3.56. The Morgan fingerprint density at radius 1 is 1.03 bits per heavy atom. The van der Waals surface area contributed by atoms with E-state index < -0.39 is 0 Å². The highest BCUT2D eigenvalue weighted by Gasteiger charge is 2.24. The largest absolute Gasteiger partial charge is 0.488 e. The molecule has 0 atom stereocenters. The highest BCUT2D eigenvalue weighted by atomic mass is 35.5. The van der Waals surface area contributed by atoms with Gasteiger partial charge in [-0.15, -0.1) is 0 Å². The van der Waals surface area contributed by atoms with E-state index in [1.165, 1.54) is 0 Å². The van der Waals surface area contributed by atoms with Crippen LogP contribution in [-0.2, 0) is 6.61 Å². The van der Waals surface area contributed by atoms with Crippen molar-refractivity contribution in [2.24, 2.45) is 0 Å². The third-order valence-electron chi connectivity index (χ3n) is 5.41. The van der Waals surface area contributed by atoms with Gasteiger partial charge in [-0.25, -0.2) is 4.98 Å². The Kier molecular flexibility index (Phi) is 6.88. The fourth-order valence-corrected chi connectivity index (χ4v) is 3.88. The maximum absolute atomic E-state index is 13.3. The van der Waals surface area contributed by atoms with Crippen molar-refractivity contribution in [1.82, 2.24) is 9.88 Å². The number of pyridine rings is 1. The average molecular weight is 447 g/mol. The number of anilines is 1. The van der Waals surface area contributed by atoms with Gasteiger partial charge in [0.25, 0.3) is 5.91 Å². The summed E-state index contributed by atoms with van der Waals surface area (Å²) in [5, 5.41) is 10.1. The number of rotatable bonds is 5. The summed E-state index contributed by atoms with van der Waals surface area (Å²) in [4.78, 5) is 21.6. The van der Waals surface area contributed by atoms with Crippen LogP contribution in [0.25, 0.3) is 0 Å². The second kappa shape index (κ2) is 10.2. The fraction of sp³-hybridized carbons (Fsp3) is 0.240. The molecule has 0 radical (unpaired) electrons. The predicted octanol–water partition coefficient (Wildman–Crippen LogP) is 4.54. The minimum atomic E-state index is -0.0555. The first-order valence-electron chi connectivity index (χ1n) is 10.5. The zero-order valence-corrected chi connectivity index (χ0v) is 18.3. The van der Waals surface area contributed by atoms with Gasteiger partial charge >= 0.3 is 0 Å². The summed E-state index contributed by atoms with van der Waals surface area (Å²) < 4.78 is 5.98. The Morgan fingerprint density at radius 3 is 2.66 bits per heavy atom. The minimum Gasteiger partial charge on any atom is -0.488 e. The molecule has 1 saturated heterocycles. The fourth-order valence-electron chi connectivity index (χ4n) is 3.75. The van der Waals surface area contributed by atoms with Crippen molar-refractivity contribution in [1.29, 1.82) is 5.26 Å². The molecule has 2 aromatic carbocycles. The van der Waals surface area contributed by atoms with Gasteiger partial charge in [-0.05, 0) is 48.4 Å². The molecule has 2 heterocycles. The van der Waals surface area contributed by atoms with E-state index in [1.54, 1.807) is 24.4 Å². The predicted molar refractivity (Wildman–Crippen MR) is 124 cm³/mol. The second-order valence-electron chi connectivity index (χ2n) is 7.53. The Bertz CT molecular complexity index is 1130. The van der Waals surface area contributed by atoms with Crippen LogP contribution in [0.15, 0.2) is 66.9 Å². The lowest BCUT2D eigenvalue weighted by Crippen LogP contribution is -2.35. The third-order valence-corrected chi connectivity index (χ3v) is 5.67. The lowest BCUT2D eigenvalue weighted by atomic mass is 10.1. The van der Waals surface area contributed by atoms with Crippen molar-refractivity contribution < 1.29 is 9.53 Å². The Labute approximate surface area is 192 Å². The van der Waals surface area contributed by atoms with Gasteiger partial charge in [-0.3, -0.25) is 4.79 Å². The number of hydrogen-bond donors (Lipinski definition) is 0. The van der Waals surface area contributed by atoms with Crippen molar-refractivity contribution in [3.63, 3.8) is 0 Å². The molecule has 162 valence electrons. The van der Waals surface area contributed by atoms with Gasteiger partial charge in [0.2, 0.25) is 0 Å². The molecule has 0 aliphatic carbocycles. The molecule has 1 aromatic heterocycles. The topological polar surface area (TPSA) is 69.5 Å². The summed E-state index contributed by atoms with van der Waals surface area (Å²) >= 11 is 5.95. The number of benzene rings is 2. The van der Waals surface area contributed by atoms with Gasteiger partial charge in [0, 0.05) is 37.4 Å². The molecule has 1 aliphatic rings. The van der Waals surface area contributed by atoms with Crippen LogP contribution in [0.4, 0.5) is 5.82 Å². The van der Waals surface area contributed by atoms with Crippen LogP contribution in [0.2, 0.25) is 5.02 Å². The molecule has 3 aromatic rings. The average Bonchev–Trinajstić information content (AvgIpc) is 3.10. The summed E-state index contributed by atoms with van der Waals surface area (Å²) in [5.74, 6) is 1.18. The number of aromatic nitrogens is 1. The molecule has 1 aliphatic heterocycles. The molecule has 0 N–H and O–H groups in total. The molecular formula is C25H23ClN4O2. The van der Waals surface area contributed by atoms with Crippen LogP contribution in [0, 0.1) is 11.3 Å². The number of halogens is 1. The van der Waals surface area contributed by atoms with Crippen LogP contribution in [-0.4, -0.2) is 42.0 Å². The number of carbonyl (C=O) groups excluding carboxylic acids is 1. The first-order valence-corrected chi connectivity index (χ1v) is 10.9. The highest BCUT2D eigenvalue weighted by molar-refractivity contribution is 6.30. The molecule has 0 bridgehead atoms. The van der Waals surface area contributed by atoms with E-state index in [1.807, 2.05) is 47.4 Å². The molecule has 0 spiro atoms. The van der Waals surface area contributed by atoms with Crippen molar-refractivity contribution in [3.8, 4) is 11.8 Å². The lowest BCUT2D eigenvalue weighted by Gasteiger charge is -2.24. The molecular weight excluding hydrogens is 424 g/mol. The summed E-state index contributed by atoms with van der Waals surface area (Å²) in [6.07, 6.45) is 2.49. The van der Waals surface area contributed by atoms with Gasteiger partial charge in [-0.1, -0.05) is 35.9 Å². The second-order valence-corrected chi connectivity index (χ2v) is 7.97. The van der Waals surface area contributed by atoms with E-state index in [-0.39, 0.29) is 5.91 Å². The minimum absolute atomic E-state index is 0.0555. The van der Waals surface area contributed by atoms with E-state index in [0.29, 0.717) is 54.0 Å². The summed E-state index contributed by atoms with van der Waals surface area (Å²) in [7, 11) is 0. The molecule has 0 unspecified atom stereocenters. The Balaban J connectivity index is 1.45. The van der Waals surface area contributed by atoms with Crippen LogP contribution >= 0.6 is 11.6 Å².